The van der Waals surface area contributed by atoms with E-state index in [9.17, 15) is 9.59 Å². The fourth-order valence-electron chi connectivity index (χ4n) is 5.34. The minimum absolute atomic E-state index is 0.0416. The molecule has 0 N–H and O–H groups in total. The largest absolute Gasteiger partial charge is 0.493 e. The molecule has 40 heavy (non-hydrogen) atoms. The topological polar surface area (TPSA) is 114 Å². The molecule has 3 heterocycles. The third-order valence-corrected chi connectivity index (χ3v) is 7.12. The fraction of sp³-hybridized carbons (Fsp3) is 0.367. The highest BCUT2D eigenvalue weighted by atomic mass is 16.5. The summed E-state index contributed by atoms with van der Waals surface area (Å²) < 4.78 is 19.5. The highest BCUT2D eigenvalue weighted by Crippen LogP contribution is 2.37. The summed E-state index contributed by atoms with van der Waals surface area (Å²) in [7, 11) is 1.61. The number of methoxy groups -OCH3 is 1. The van der Waals surface area contributed by atoms with Crippen LogP contribution in [0.3, 0.4) is 0 Å². The van der Waals surface area contributed by atoms with Crippen molar-refractivity contribution in [2.24, 2.45) is 4.99 Å². The van der Waals surface area contributed by atoms with Crippen LogP contribution in [0.25, 0.3) is 11.3 Å². The van der Waals surface area contributed by atoms with Crippen molar-refractivity contribution < 1.29 is 18.8 Å². The highest BCUT2D eigenvalue weighted by Gasteiger charge is 2.23. The minimum Gasteiger partial charge on any atom is -0.493 e. The number of rotatable bonds is 9. The summed E-state index contributed by atoms with van der Waals surface area (Å²) in [4.78, 5) is 35.3. The molecule has 5 rings (SSSR count). The van der Waals surface area contributed by atoms with Crippen molar-refractivity contribution in [2.75, 3.05) is 13.7 Å². The van der Waals surface area contributed by atoms with Crippen LogP contribution in [-0.2, 0) is 19.5 Å². The van der Waals surface area contributed by atoms with Gasteiger partial charge in [-0.15, -0.1) is 0 Å². The molecule has 0 aliphatic carbocycles. The molecule has 2 aromatic heterocycles. The molecule has 4 aromatic rings. The van der Waals surface area contributed by atoms with Gasteiger partial charge in [0.25, 0.3) is 0 Å². The lowest BCUT2D eigenvalue weighted by Gasteiger charge is -2.25. The molecule has 0 saturated heterocycles. The van der Waals surface area contributed by atoms with E-state index in [0.717, 1.165) is 45.6 Å². The Morgan fingerprint density at radius 2 is 1.88 bits per heavy atom. The Labute approximate surface area is 231 Å². The third kappa shape index (κ3) is 5.21. The number of fused-ring (bicyclic) bond motifs is 3. The van der Waals surface area contributed by atoms with Gasteiger partial charge in [0.05, 0.1) is 25.1 Å². The van der Waals surface area contributed by atoms with Crippen LogP contribution in [0.2, 0.25) is 0 Å². The number of benzene rings is 2. The average molecular weight is 544 g/mol. The molecule has 208 valence electrons. The number of nitrogens with zero attached hydrogens (tertiary/aromatic N) is 5. The molecule has 0 atom stereocenters. The predicted octanol–water partition coefficient (Wildman–Crippen LogP) is 4.48. The van der Waals surface area contributed by atoms with Crippen LogP contribution in [0.4, 0.5) is 5.69 Å². The molecule has 1 aliphatic rings. The van der Waals surface area contributed by atoms with E-state index in [2.05, 4.69) is 29.2 Å². The van der Waals surface area contributed by atoms with Gasteiger partial charge in [-0.1, -0.05) is 22.9 Å². The van der Waals surface area contributed by atoms with Crippen molar-refractivity contribution in [3.05, 3.63) is 80.8 Å². The number of aromatic nitrogens is 4. The molecule has 10 nitrogen and oxygen atoms in total. The Morgan fingerprint density at radius 3 is 2.55 bits per heavy atom. The van der Waals surface area contributed by atoms with Crippen LogP contribution in [0.1, 0.15) is 52.6 Å². The molecule has 0 fully saturated rings. The fourth-order valence-corrected chi connectivity index (χ4v) is 5.34. The van der Waals surface area contributed by atoms with Crippen molar-refractivity contribution in [1.82, 2.24) is 19.3 Å². The van der Waals surface area contributed by atoms with Crippen molar-refractivity contribution >= 4 is 11.5 Å². The number of aryl methyl sites for hydroxylation is 4. The van der Waals surface area contributed by atoms with Gasteiger partial charge < -0.3 is 14.0 Å². The predicted molar refractivity (Wildman–Crippen MR) is 149 cm³/mol. The first-order chi connectivity index (χ1) is 19.3. The van der Waals surface area contributed by atoms with E-state index in [0.29, 0.717) is 49.5 Å². The first-order valence-electron chi connectivity index (χ1n) is 13.4. The summed E-state index contributed by atoms with van der Waals surface area (Å²) in [5, 5.41) is 3.62. The molecule has 0 amide bonds. The SMILES string of the molecule is CCOc1cc2c(cc1OC)-c1cc(=Nc3c(C)cc(C)cc3C)n(CCCC(=O)c3ncon3)c(=O)n1CC2. The van der Waals surface area contributed by atoms with E-state index >= 15 is 0 Å². The van der Waals surface area contributed by atoms with Gasteiger partial charge in [0.2, 0.25) is 18.0 Å². The van der Waals surface area contributed by atoms with Crippen molar-refractivity contribution in [1.29, 1.82) is 0 Å². The molecular formula is C30H33N5O5. The van der Waals surface area contributed by atoms with Gasteiger partial charge in [0, 0.05) is 31.1 Å². The van der Waals surface area contributed by atoms with Crippen LogP contribution in [0.5, 0.6) is 11.5 Å². The molecule has 10 heteroatoms. The van der Waals surface area contributed by atoms with Gasteiger partial charge in [-0.05, 0) is 69.4 Å². The van der Waals surface area contributed by atoms with Gasteiger partial charge in [-0.2, -0.15) is 4.98 Å². The first kappa shape index (κ1) is 27.1. The normalized spacial score (nSPS) is 12.7. The van der Waals surface area contributed by atoms with E-state index in [4.69, 9.17) is 19.0 Å². The van der Waals surface area contributed by atoms with Crippen LogP contribution in [0, 0.1) is 20.8 Å². The Bertz CT molecular complexity index is 1680. The summed E-state index contributed by atoms with van der Waals surface area (Å²) in [6.45, 7) is 9.39. The second-order valence-corrected chi connectivity index (χ2v) is 9.96. The van der Waals surface area contributed by atoms with E-state index in [1.54, 1.807) is 16.2 Å². The van der Waals surface area contributed by atoms with Gasteiger partial charge in [-0.3, -0.25) is 13.9 Å². The number of ether oxygens (including phenoxy) is 2. The number of ketones is 1. The number of carbonyl (C=O) groups excluding carboxylic acids is 1. The molecule has 0 spiro atoms. The van der Waals surface area contributed by atoms with Crippen LogP contribution >= 0.6 is 0 Å². The lowest BCUT2D eigenvalue weighted by atomic mass is 9.97. The molecule has 2 aromatic carbocycles. The van der Waals surface area contributed by atoms with E-state index in [1.807, 2.05) is 39.0 Å². The monoisotopic (exact) mass is 543 g/mol. The summed E-state index contributed by atoms with van der Waals surface area (Å²) >= 11 is 0. The lowest BCUT2D eigenvalue weighted by Crippen LogP contribution is -2.42. The molecule has 0 saturated carbocycles. The second-order valence-electron chi connectivity index (χ2n) is 9.96. The molecule has 0 radical (unpaired) electrons. The Morgan fingerprint density at radius 1 is 1.10 bits per heavy atom. The summed E-state index contributed by atoms with van der Waals surface area (Å²) in [5.74, 6) is 1.11. The smallest absolute Gasteiger partial charge is 0.330 e. The Balaban J connectivity index is 1.64. The van der Waals surface area contributed by atoms with Gasteiger partial charge in [0.1, 0.15) is 5.49 Å². The summed E-state index contributed by atoms with van der Waals surface area (Å²) in [6, 6.07) is 10.1. The highest BCUT2D eigenvalue weighted by molar-refractivity contribution is 5.92. The minimum atomic E-state index is -0.234. The van der Waals surface area contributed by atoms with E-state index in [1.165, 1.54) is 0 Å². The second kappa shape index (κ2) is 11.3. The average Bonchev–Trinajstić information content (AvgIpc) is 3.47. The summed E-state index contributed by atoms with van der Waals surface area (Å²) in [6.07, 6.45) is 2.40. The number of carbonyl (C=O) groups is 1. The van der Waals surface area contributed by atoms with Crippen molar-refractivity contribution in [3.63, 3.8) is 0 Å². The zero-order valence-electron chi connectivity index (χ0n) is 23.5. The quantitative estimate of drug-likeness (QED) is 0.286. The molecule has 0 bridgehead atoms. The lowest BCUT2D eigenvalue weighted by molar-refractivity contribution is 0.0965. The van der Waals surface area contributed by atoms with Crippen LogP contribution < -0.4 is 20.7 Å². The first-order valence-corrected chi connectivity index (χ1v) is 13.4. The zero-order valence-corrected chi connectivity index (χ0v) is 23.5. The van der Waals surface area contributed by atoms with Crippen molar-refractivity contribution in [3.8, 4) is 22.8 Å². The summed E-state index contributed by atoms with van der Waals surface area (Å²) in [5.41, 5.74) is 7.15. The van der Waals surface area contributed by atoms with Crippen molar-refractivity contribution in [2.45, 2.75) is 60.0 Å². The molecule has 1 aliphatic heterocycles. The van der Waals surface area contributed by atoms with E-state index in [-0.39, 0.29) is 23.7 Å². The maximum absolute atomic E-state index is 14.0. The maximum Gasteiger partial charge on any atom is 0.330 e. The number of Topliss-reactive ketones (excluding diaryl/α,β-unsaturated/α-hetero) is 1. The standard InChI is InChI=1S/C30H33N5O5/c1-6-39-26-14-21-9-11-34-23(22(21)15-25(26)38-5)16-27(32-28-19(3)12-18(2)13-20(28)4)35(30(34)37)10-7-8-24(36)29-31-17-40-33-29/h12-17H,6-11H2,1-5H3. The number of hydrogen-bond acceptors (Lipinski definition) is 8. The number of hydrogen-bond donors (Lipinski definition) is 0. The van der Waals surface area contributed by atoms with Crippen LogP contribution in [0.15, 0.2) is 51.0 Å². The van der Waals surface area contributed by atoms with Gasteiger partial charge >= 0.3 is 5.69 Å². The van der Waals surface area contributed by atoms with E-state index < -0.39 is 0 Å². The Kier molecular flexibility index (Phi) is 7.68. The molecule has 0 unspecified atom stereocenters. The van der Waals surface area contributed by atoms with Gasteiger partial charge in [0.15, 0.2) is 11.5 Å². The maximum atomic E-state index is 14.0. The zero-order chi connectivity index (χ0) is 28.4. The molecular weight excluding hydrogens is 510 g/mol. The Hall–Kier alpha value is -4.47. The van der Waals surface area contributed by atoms with Gasteiger partial charge in [-0.25, -0.2) is 9.79 Å². The van der Waals surface area contributed by atoms with Crippen LogP contribution in [-0.4, -0.2) is 38.8 Å². The third-order valence-electron chi connectivity index (χ3n) is 7.12.